The maximum Gasteiger partial charge on any atom is 0.213 e. The molecule has 2 heterocycles. The van der Waals surface area contributed by atoms with Crippen molar-refractivity contribution in [1.29, 1.82) is 0 Å². The number of rotatable bonds is 7. The topological polar surface area (TPSA) is 83.0 Å². The van der Waals surface area contributed by atoms with Gasteiger partial charge in [-0.2, -0.15) is 0 Å². The van der Waals surface area contributed by atoms with Crippen LogP contribution in [0.1, 0.15) is 64.7 Å². The average molecular weight is 543 g/mol. The summed E-state index contributed by atoms with van der Waals surface area (Å²) in [4.78, 5) is 6.97. The van der Waals surface area contributed by atoms with Gasteiger partial charge in [-0.3, -0.25) is 4.99 Å². The molecule has 0 radical (unpaired) electrons. The molecule has 2 N–H and O–H groups in total. The van der Waals surface area contributed by atoms with Crippen molar-refractivity contribution in [2.45, 2.75) is 70.8 Å². The Balaban J connectivity index is 0.00000300. The highest BCUT2D eigenvalue weighted by Gasteiger charge is 2.39. The van der Waals surface area contributed by atoms with Crippen LogP contribution in [-0.2, 0) is 14.8 Å². The number of hydrogen-bond acceptors (Lipinski definition) is 4. The third-order valence-corrected chi connectivity index (χ3v) is 7.74. The fourth-order valence-electron chi connectivity index (χ4n) is 4.78. The number of guanidine groups is 1. The van der Waals surface area contributed by atoms with Gasteiger partial charge in [0.2, 0.25) is 10.0 Å². The van der Waals surface area contributed by atoms with Crippen molar-refractivity contribution in [3.05, 3.63) is 0 Å². The molecule has 2 saturated heterocycles. The Bertz CT molecular complexity index is 617. The predicted molar refractivity (Wildman–Crippen MR) is 128 cm³/mol. The Morgan fingerprint density at radius 2 is 1.97 bits per heavy atom. The smallest absolute Gasteiger partial charge is 0.213 e. The minimum Gasteiger partial charge on any atom is -0.377 e. The molecule has 0 bridgehead atoms. The van der Waals surface area contributed by atoms with E-state index in [2.05, 4.69) is 26.9 Å². The predicted octanol–water partition coefficient (Wildman–Crippen LogP) is 2.71. The molecule has 0 aromatic carbocycles. The minimum atomic E-state index is -3.33. The lowest BCUT2D eigenvalue weighted by Crippen LogP contribution is -2.42. The van der Waals surface area contributed by atoms with Crippen molar-refractivity contribution in [3.8, 4) is 0 Å². The highest BCUT2D eigenvalue weighted by molar-refractivity contribution is 14.0. The molecule has 3 rings (SSSR count). The largest absolute Gasteiger partial charge is 0.377 e. The highest BCUT2D eigenvalue weighted by Crippen LogP contribution is 2.43. The summed E-state index contributed by atoms with van der Waals surface area (Å²) in [6.45, 7) is 6.34. The van der Waals surface area contributed by atoms with E-state index in [4.69, 9.17) is 4.74 Å². The standard InChI is InChI=1S/C20H38N4O3S.HI/c1-2-21-19(24-13-11-20(17-24)9-5-3-6-10-20)22-12-15-28(25,26)23-16-18-8-4-7-14-27-18;/h18,23H,2-17H2,1H3,(H,21,22);1H. The SMILES string of the molecule is CCNC(=NCCS(=O)(=O)NCC1CCCCO1)N1CCC2(CCCCC2)C1.I. The number of ether oxygens (including phenoxy) is 1. The maximum absolute atomic E-state index is 12.3. The van der Waals surface area contributed by atoms with Crippen molar-refractivity contribution in [2.75, 3.05) is 45.1 Å². The number of aliphatic imine (C=N–C) groups is 1. The molecule has 0 aromatic heterocycles. The summed E-state index contributed by atoms with van der Waals surface area (Å²) in [7, 11) is -3.33. The Kier molecular flexibility index (Phi) is 10.4. The van der Waals surface area contributed by atoms with Gasteiger partial charge in [-0.1, -0.05) is 19.3 Å². The third-order valence-electron chi connectivity index (χ3n) is 6.41. The lowest BCUT2D eigenvalue weighted by molar-refractivity contribution is 0.0200. The van der Waals surface area contributed by atoms with E-state index in [1.54, 1.807) is 0 Å². The van der Waals surface area contributed by atoms with Crippen molar-refractivity contribution < 1.29 is 13.2 Å². The second kappa shape index (κ2) is 12.0. The zero-order valence-electron chi connectivity index (χ0n) is 17.8. The molecule has 0 aromatic rings. The first-order valence-electron chi connectivity index (χ1n) is 11.1. The quantitative estimate of drug-likeness (QED) is 0.294. The molecule has 1 spiro atoms. The van der Waals surface area contributed by atoms with E-state index in [0.29, 0.717) is 12.0 Å². The molecule has 1 atom stereocenters. The van der Waals surface area contributed by atoms with Gasteiger partial charge in [-0.15, -0.1) is 24.0 Å². The molecule has 3 aliphatic rings. The van der Waals surface area contributed by atoms with Gasteiger partial charge in [-0.05, 0) is 50.9 Å². The summed E-state index contributed by atoms with van der Waals surface area (Å²) in [5, 5.41) is 3.36. The lowest BCUT2D eigenvalue weighted by atomic mass is 9.73. The van der Waals surface area contributed by atoms with E-state index in [0.717, 1.165) is 51.5 Å². The van der Waals surface area contributed by atoms with Crippen LogP contribution in [-0.4, -0.2) is 70.5 Å². The summed E-state index contributed by atoms with van der Waals surface area (Å²) in [6, 6.07) is 0. The van der Waals surface area contributed by atoms with Gasteiger partial charge < -0.3 is 15.0 Å². The second-order valence-electron chi connectivity index (χ2n) is 8.62. The maximum atomic E-state index is 12.3. The van der Waals surface area contributed by atoms with Crippen LogP contribution in [0, 0.1) is 5.41 Å². The first-order chi connectivity index (χ1) is 13.5. The van der Waals surface area contributed by atoms with Gasteiger partial charge in [0.1, 0.15) is 0 Å². The Morgan fingerprint density at radius 1 is 1.17 bits per heavy atom. The summed E-state index contributed by atoms with van der Waals surface area (Å²) < 4.78 is 32.9. The van der Waals surface area contributed by atoms with Gasteiger partial charge in [0, 0.05) is 32.8 Å². The molecule has 2 aliphatic heterocycles. The molecule has 29 heavy (non-hydrogen) atoms. The number of nitrogens with zero attached hydrogens (tertiary/aromatic N) is 2. The Hall–Kier alpha value is -0.130. The number of nitrogens with one attached hydrogen (secondary N) is 2. The Morgan fingerprint density at radius 3 is 2.66 bits per heavy atom. The molecule has 1 saturated carbocycles. The van der Waals surface area contributed by atoms with Crippen LogP contribution in [0.2, 0.25) is 0 Å². The van der Waals surface area contributed by atoms with E-state index >= 15 is 0 Å². The van der Waals surface area contributed by atoms with Gasteiger partial charge in [-0.25, -0.2) is 13.1 Å². The Labute approximate surface area is 193 Å². The molecule has 9 heteroatoms. The van der Waals surface area contributed by atoms with E-state index in [-0.39, 0.29) is 42.4 Å². The molecule has 0 amide bonds. The number of likely N-dealkylation sites (tertiary alicyclic amines) is 1. The lowest BCUT2D eigenvalue weighted by Gasteiger charge is -2.33. The first-order valence-corrected chi connectivity index (χ1v) is 12.8. The number of sulfonamides is 1. The van der Waals surface area contributed by atoms with Crippen molar-refractivity contribution >= 4 is 40.0 Å². The second-order valence-corrected chi connectivity index (χ2v) is 10.6. The molecular formula is C20H39IN4O3S. The zero-order valence-corrected chi connectivity index (χ0v) is 21.0. The summed E-state index contributed by atoms with van der Waals surface area (Å²) in [6.07, 6.45) is 11.1. The fourth-order valence-corrected chi connectivity index (χ4v) is 5.70. The van der Waals surface area contributed by atoms with Gasteiger partial charge in [0.05, 0.1) is 18.4 Å². The van der Waals surface area contributed by atoms with Crippen molar-refractivity contribution in [3.63, 3.8) is 0 Å². The molecule has 170 valence electrons. The van der Waals surface area contributed by atoms with E-state index in [9.17, 15) is 8.42 Å². The van der Waals surface area contributed by atoms with Crippen LogP contribution >= 0.6 is 24.0 Å². The molecule has 1 aliphatic carbocycles. The highest BCUT2D eigenvalue weighted by atomic mass is 127. The number of halogens is 1. The zero-order chi connectivity index (χ0) is 19.9. The van der Waals surface area contributed by atoms with Gasteiger partial charge >= 0.3 is 0 Å². The van der Waals surface area contributed by atoms with E-state index in [1.807, 2.05) is 0 Å². The normalized spacial score (nSPS) is 25.1. The molecular weight excluding hydrogens is 503 g/mol. The van der Waals surface area contributed by atoms with Gasteiger partial charge in [0.15, 0.2) is 5.96 Å². The molecule has 1 unspecified atom stereocenters. The van der Waals surface area contributed by atoms with Crippen LogP contribution in [0.25, 0.3) is 0 Å². The van der Waals surface area contributed by atoms with Crippen LogP contribution < -0.4 is 10.0 Å². The average Bonchev–Trinajstić information content (AvgIpc) is 3.10. The van der Waals surface area contributed by atoms with Gasteiger partial charge in [0.25, 0.3) is 0 Å². The summed E-state index contributed by atoms with van der Waals surface area (Å²) >= 11 is 0. The van der Waals surface area contributed by atoms with Crippen molar-refractivity contribution in [2.24, 2.45) is 10.4 Å². The molecule has 3 fully saturated rings. The summed E-state index contributed by atoms with van der Waals surface area (Å²) in [5.74, 6) is 0.893. The van der Waals surface area contributed by atoms with Crippen LogP contribution in [0.3, 0.4) is 0 Å². The first kappa shape index (κ1) is 25.1. The molecule has 7 nitrogen and oxygen atoms in total. The van der Waals surface area contributed by atoms with Crippen molar-refractivity contribution in [1.82, 2.24) is 14.9 Å². The minimum absolute atomic E-state index is 0. The van der Waals surface area contributed by atoms with Crippen LogP contribution in [0.5, 0.6) is 0 Å². The monoisotopic (exact) mass is 542 g/mol. The fraction of sp³-hybridized carbons (Fsp3) is 0.950. The van der Waals surface area contributed by atoms with Crippen LogP contribution in [0.4, 0.5) is 0 Å². The third kappa shape index (κ3) is 7.81. The van der Waals surface area contributed by atoms with E-state index < -0.39 is 10.0 Å². The number of hydrogen-bond donors (Lipinski definition) is 2. The van der Waals surface area contributed by atoms with E-state index in [1.165, 1.54) is 38.5 Å². The van der Waals surface area contributed by atoms with Crippen LogP contribution in [0.15, 0.2) is 4.99 Å². The summed E-state index contributed by atoms with van der Waals surface area (Å²) in [5.41, 5.74) is 0.460.